The Morgan fingerprint density at radius 2 is 1.74 bits per heavy atom. The van der Waals surface area contributed by atoms with Crippen molar-refractivity contribution < 1.29 is 4.79 Å². The van der Waals surface area contributed by atoms with E-state index in [9.17, 15) is 4.79 Å². The second-order valence-corrected chi connectivity index (χ2v) is 6.32. The number of nitrogens with zero attached hydrogens (tertiary/aromatic N) is 4. The summed E-state index contributed by atoms with van der Waals surface area (Å²) in [6.45, 7) is 8.38. The molecule has 0 unspecified atom stereocenters. The lowest BCUT2D eigenvalue weighted by molar-refractivity contribution is 0.0627. The molecule has 0 aliphatic carbocycles. The van der Waals surface area contributed by atoms with Gasteiger partial charge in [0.15, 0.2) is 0 Å². The molecule has 1 aliphatic rings. The van der Waals surface area contributed by atoms with Gasteiger partial charge in [-0.1, -0.05) is 29.8 Å². The van der Waals surface area contributed by atoms with Crippen molar-refractivity contribution >= 4 is 5.91 Å². The number of piperazine rings is 1. The summed E-state index contributed by atoms with van der Waals surface area (Å²) < 4.78 is 1.75. The maximum atomic E-state index is 12.6. The number of aromatic nitrogens is 2. The highest BCUT2D eigenvalue weighted by atomic mass is 16.2. The molecule has 23 heavy (non-hydrogen) atoms. The topological polar surface area (TPSA) is 41.4 Å². The van der Waals surface area contributed by atoms with Crippen LogP contribution < -0.4 is 0 Å². The Kier molecular flexibility index (Phi) is 4.48. The first-order valence-corrected chi connectivity index (χ1v) is 8.10. The Morgan fingerprint density at radius 1 is 1.09 bits per heavy atom. The quantitative estimate of drug-likeness (QED) is 0.870. The predicted molar refractivity (Wildman–Crippen MR) is 90.3 cm³/mol. The summed E-state index contributed by atoms with van der Waals surface area (Å²) in [4.78, 5) is 16.9. The number of rotatable bonds is 3. The molecule has 0 atom stereocenters. The number of hydrogen-bond acceptors (Lipinski definition) is 3. The molecule has 5 heteroatoms. The highest BCUT2D eigenvalue weighted by molar-refractivity contribution is 5.95. The minimum Gasteiger partial charge on any atom is -0.336 e. The van der Waals surface area contributed by atoms with Gasteiger partial charge in [-0.3, -0.25) is 14.4 Å². The second kappa shape index (κ2) is 6.54. The van der Waals surface area contributed by atoms with Gasteiger partial charge < -0.3 is 4.90 Å². The summed E-state index contributed by atoms with van der Waals surface area (Å²) in [5.41, 5.74) is 4.27. The van der Waals surface area contributed by atoms with Crippen LogP contribution in [0, 0.1) is 13.8 Å². The Bertz CT molecular complexity index is 682. The molecule has 1 aromatic carbocycles. The van der Waals surface area contributed by atoms with Gasteiger partial charge in [0, 0.05) is 45.5 Å². The van der Waals surface area contributed by atoms with Gasteiger partial charge in [0.25, 0.3) is 5.91 Å². The molecule has 1 aliphatic heterocycles. The van der Waals surface area contributed by atoms with Gasteiger partial charge in [-0.15, -0.1) is 0 Å². The molecule has 0 spiro atoms. The Balaban J connectivity index is 1.57. The van der Waals surface area contributed by atoms with Crippen LogP contribution in [0.1, 0.15) is 27.2 Å². The molecule has 122 valence electrons. The zero-order valence-electron chi connectivity index (χ0n) is 14.1. The van der Waals surface area contributed by atoms with E-state index in [4.69, 9.17) is 0 Å². The van der Waals surface area contributed by atoms with Crippen LogP contribution in [0.25, 0.3) is 0 Å². The molecule has 1 amide bonds. The summed E-state index contributed by atoms with van der Waals surface area (Å²) in [5.74, 6) is 0.102. The number of benzene rings is 1. The molecule has 2 heterocycles. The van der Waals surface area contributed by atoms with Crippen LogP contribution in [0.15, 0.2) is 30.5 Å². The van der Waals surface area contributed by atoms with Gasteiger partial charge in [-0.05, 0) is 19.4 Å². The molecule has 5 nitrogen and oxygen atoms in total. The van der Waals surface area contributed by atoms with Crippen LogP contribution >= 0.6 is 0 Å². The molecular formula is C18H24N4O. The number of carbonyl (C=O) groups is 1. The average Bonchev–Trinajstić information content (AvgIpc) is 2.89. The van der Waals surface area contributed by atoms with E-state index in [-0.39, 0.29) is 5.91 Å². The fraction of sp³-hybridized carbons (Fsp3) is 0.444. The van der Waals surface area contributed by atoms with Crippen molar-refractivity contribution in [3.05, 3.63) is 52.8 Å². The van der Waals surface area contributed by atoms with E-state index < -0.39 is 0 Å². The van der Waals surface area contributed by atoms with Gasteiger partial charge in [0.1, 0.15) is 0 Å². The van der Waals surface area contributed by atoms with E-state index in [2.05, 4.69) is 41.2 Å². The molecule has 3 rings (SSSR count). The minimum atomic E-state index is 0.102. The first kappa shape index (κ1) is 15.7. The number of aryl methyl sites for hydroxylation is 2. The van der Waals surface area contributed by atoms with Crippen molar-refractivity contribution in [1.29, 1.82) is 0 Å². The van der Waals surface area contributed by atoms with Crippen molar-refractivity contribution in [3.8, 4) is 0 Å². The largest absolute Gasteiger partial charge is 0.336 e. The number of hydrogen-bond donors (Lipinski definition) is 0. The fourth-order valence-corrected chi connectivity index (χ4v) is 2.94. The maximum Gasteiger partial charge on any atom is 0.257 e. The van der Waals surface area contributed by atoms with Gasteiger partial charge in [0.05, 0.1) is 11.8 Å². The summed E-state index contributed by atoms with van der Waals surface area (Å²) >= 11 is 0. The summed E-state index contributed by atoms with van der Waals surface area (Å²) in [6, 6.07) is 8.68. The lowest BCUT2D eigenvalue weighted by Crippen LogP contribution is -2.48. The zero-order chi connectivity index (χ0) is 16.4. The Hall–Kier alpha value is -2.14. The fourth-order valence-electron chi connectivity index (χ4n) is 2.94. The smallest absolute Gasteiger partial charge is 0.257 e. The number of amides is 1. The van der Waals surface area contributed by atoms with Crippen LogP contribution in [0.2, 0.25) is 0 Å². The SMILES string of the molecule is Cc1ccc(CN2CCN(C(=O)c3cnn(C)c3C)CC2)cc1. The predicted octanol–water partition coefficient (Wildman–Crippen LogP) is 1.99. The maximum absolute atomic E-state index is 12.6. The van der Waals surface area contributed by atoms with Crippen LogP contribution in [0.4, 0.5) is 0 Å². The van der Waals surface area contributed by atoms with Crippen molar-refractivity contribution in [2.24, 2.45) is 7.05 Å². The normalized spacial score (nSPS) is 15.9. The van der Waals surface area contributed by atoms with E-state index in [0.717, 1.165) is 44.0 Å². The highest BCUT2D eigenvalue weighted by Gasteiger charge is 2.24. The highest BCUT2D eigenvalue weighted by Crippen LogP contribution is 2.14. The Morgan fingerprint density at radius 3 is 2.30 bits per heavy atom. The van der Waals surface area contributed by atoms with E-state index in [1.165, 1.54) is 11.1 Å². The van der Waals surface area contributed by atoms with Gasteiger partial charge >= 0.3 is 0 Å². The third kappa shape index (κ3) is 3.45. The lowest BCUT2D eigenvalue weighted by atomic mass is 10.1. The molecule has 0 N–H and O–H groups in total. The first-order valence-electron chi connectivity index (χ1n) is 8.10. The van der Waals surface area contributed by atoms with Crippen LogP contribution in [0.5, 0.6) is 0 Å². The molecular weight excluding hydrogens is 288 g/mol. The van der Waals surface area contributed by atoms with E-state index in [1.54, 1.807) is 10.9 Å². The average molecular weight is 312 g/mol. The van der Waals surface area contributed by atoms with Gasteiger partial charge in [-0.2, -0.15) is 5.10 Å². The van der Waals surface area contributed by atoms with Gasteiger partial charge in [0.2, 0.25) is 0 Å². The van der Waals surface area contributed by atoms with E-state index in [1.807, 2.05) is 18.9 Å². The first-order chi connectivity index (χ1) is 11.0. The van der Waals surface area contributed by atoms with Crippen molar-refractivity contribution in [2.75, 3.05) is 26.2 Å². The molecule has 1 aromatic heterocycles. The van der Waals surface area contributed by atoms with Crippen molar-refractivity contribution in [2.45, 2.75) is 20.4 Å². The molecule has 0 radical (unpaired) electrons. The lowest BCUT2D eigenvalue weighted by Gasteiger charge is -2.34. The summed E-state index contributed by atoms with van der Waals surface area (Å²) in [5, 5.41) is 4.17. The van der Waals surface area contributed by atoms with Crippen molar-refractivity contribution in [3.63, 3.8) is 0 Å². The van der Waals surface area contributed by atoms with Crippen LogP contribution in [0.3, 0.4) is 0 Å². The molecule has 0 bridgehead atoms. The molecule has 1 fully saturated rings. The minimum absolute atomic E-state index is 0.102. The monoisotopic (exact) mass is 312 g/mol. The molecule has 2 aromatic rings. The van der Waals surface area contributed by atoms with E-state index >= 15 is 0 Å². The van der Waals surface area contributed by atoms with E-state index in [0.29, 0.717) is 0 Å². The van der Waals surface area contributed by atoms with Crippen LogP contribution in [-0.4, -0.2) is 51.7 Å². The Labute approximate surface area is 137 Å². The zero-order valence-corrected chi connectivity index (χ0v) is 14.1. The second-order valence-electron chi connectivity index (χ2n) is 6.32. The summed E-state index contributed by atoms with van der Waals surface area (Å²) in [7, 11) is 1.87. The molecule has 0 saturated carbocycles. The third-order valence-electron chi connectivity index (χ3n) is 4.65. The summed E-state index contributed by atoms with van der Waals surface area (Å²) in [6.07, 6.45) is 1.68. The van der Waals surface area contributed by atoms with Crippen molar-refractivity contribution in [1.82, 2.24) is 19.6 Å². The molecule has 1 saturated heterocycles. The third-order valence-corrected chi connectivity index (χ3v) is 4.65. The van der Waals surface area contributed by atoms with Crippen LogP contribution in [-0.2, 0) is 13.6 Å². The standard InChI is InChI=1S/C18H24N4O/c1-14-4-6-16(7-5-14)13-21-8-10-22(11-9-21)18(23)17-12-19-20(3)15(17)2/h4-7,12H,8-11,13H2,1-3H3. The van der Waals surface area contributed by atoms with Gasteiger partial charge in [-0.25, -0.2) is 0 Å². The number of carbonyl (C=O) groups excluding carboxylic acids is 1.